The van der Waals surface area contributed by atoms with Crippen LogP contribution in [0.5, 0.6) is 17.2 Å². The van der Waals surface area contributed by atoms with Crippen LogP contribution >= 0.6 is 0 Å². The van der Waals surface area contributed by atoms with Crippen molar-refractivity contribution in [2.45, 2.75) is 6.92 Å². The zero-order valence-electron chi connectivity index (χ0n) is 10.5. The normalized spacial score (nSPS) is 9.28. The molecule has 0 saturated carbocycles. The zero-order chi connectivity index (χ0) is 13.4. The fourth-order valence-electron chi connectivity index (χ4n) is 1.32. The molecule has 0 bridgehead atoms. The fraction of sp³-hybridized carbons (Fsp3) is 0.143. The third-order valence-electron chi connectivity index (χ3n) is 2.15. The second-order valence-corrected chi connectivity index (χ2v) is 3.60. The molecular weight excluding hydrogens is 230 g/mol. The van der Waals surface area contributed by atoms with Gasteiger partial charge < -0.3 is 14.7 Å². The van der Waals surface area contributed by atoms with E-state index in [0.717, 1.165) is 17.1 Å². The molecule has 18 heavy (non-hydrogen) atoms. The minimum Gasteiger partial charge on any atom is -0.508 e. The largest absolute Gasteiger partial charge is 0.508 e. The van der Waals surface area contributed by atoms with Gasteiger partial charge in [-0.25, -0.2) is 5.90 Å². The molecule has 3 N–H and O–H groups in total. The molecule has 2 rings (SSSR count). The predicted octanol–water partition coefficient (Wildman–Crippen LogP) is 3.00. The summed E-state index contributed by atoms with van der Waals surface area (Å²) >= 11 is 0. The van der Waals surface area contributed by atoms with E-state index in [-0.39, 0.29) is 5.75 Å². The summed E-state index contributed by atoms with van der Waals surface area (Å²) in [6, 6.07) is 14.7. The third-order valence-corrected chi connectivity index (χ3v) is 2.15. The summed E-state index contributed by atoms with van der Waals surface area (Å²) in [4.78, 5) is 3.75. The van der Waals surface area contributed by atoms with Gasteiger partial charge in [0.15, 0.2) is 0 Å². The number of aryl methyl sites for hydroxylation is 1. The highest BCUT2D eigenvalue weighted by Gasteiger charge is 1.99. The molecule has 2 aromatic rings. The van der Waals surface area contributed by atoms with Crippen molar-refractivity contribution in [2.75, 3.05) is 7.11 Å². The summed E-state index contributed by atoms with van der Waals surface area (Å²) in [5.74, 6) is 6.16. The number of hydrogen-bond acceptors (Lipinski definition) is 4. The van der Waals surface area contributed by atoms with Crippen LogP contribution in [0.3, 0.4) is 0 Å². The van der Waals surface area contributed by atoms with Gasteiger partial charge >= 0.3 is 0 Å². The van der Waals surface area contributed by atoms with Crippen molar-refractivity contribution in [1.82, 2.24) is 0 Å². The molecule has 0 aromatic heterocycles. The number of benzene rings is 2. The van der Waals surface area contributed by atoms with Crippen molar-refractivity contribution in [3.8, 4) is 17.2 Å². The molecular formula is C14H17NO3. The number of phenols is 1. The first kappa shape index (κ1) is 14.0. The Morgan fingerprint density at radius 3 is 2.17 bits per heavy atom. The number of hydrogen-bond donors (Lipinski definition) is 2. The van der Waals surface area contributed by atoms with Gasteiger partial charge in [-0.3, -0.25) is 0 Å². The smallest absolute Gasteiger partial charge is 0.127 e. The van der Waals surface area contributed by atoms with Gasteiger partial charge in [0, 0.05) is 0 Å². The van der Waals surface area contributed by atoms with Crippen molar-refractivity contribution in [3.63, 3.8) is 0 Å². The van der Waals surface area contributed by atoms with Crippen LogP contribution in [-0.2, 0) is 4.84 Å². The van der Waals surface area contributed by atoms with Crippen LogP contribution in [0, 0.1) is 6.92 Å². The third kappa shape index (κ3) is 4.45. The van der Waals surface area contributed by atoms with Crippen LogP contribution in [0.4, 0.5) is 0 Å². The molecule has 4 nitrogen and oxygen atoms in total. The first-order valence-electron chi connectivity index (χ1n) is 5.42. The lowest BCUT2D eigenvalue weighted by Crippen LogP contribution is -1.86. The molecule has 0 radical (unpaired) electrons. The maximum Gasteiger partial charge on any atom is 0.127 e. The van der Waals surface area contributed by atoms with Crippen LogP contribution < -0.4 is 10.6 Å². The van der Waals surface area contributed by atoms with E-state index in [4.69, 9.17) is 4.74 Å². The number of phenolic OH excluding ortho intramolecular Hbond substituents is 1. The topological polar surface area (TPSA) is 64.7 Å². The van der Waals surface area contributed by atoms with Gasteiger partial charge in [-0.15, -0.1) is 0 Å². The van der Waals surface area contributed by atoms with Gasteiger partial charge in [0.05, 0.1) is 7.11 Å². The van der Waals surface area contributed by atoms with E-state index in [9.17, 15) is 5.11 Å². The number of rotatable bonds is 2. The second-order valence-electron chi connectivity index (χ2n) is 3.60. The SMILES string of the molecule is CON.Cc1cc(Oc2ccccc2)ccc1O. The van der Waals surface area contributed by atoms with Crippen molar-refractivity contribution < 1.29 is 14.7 Å². The van der Waals surface area contributed by atoms with Crippen molar-refractivity contribution in [2.24, 2.45) is 5.90 Å². The highest BCUT2D eigenvalue weighted by molar-refractivity contribution is 5.40. The van der Waals surface area contributed by atoms with Gasteiger partial charge in [-0.1, -0.05) is 18.2 Å². The summed E-state index contributed by atoms with van der Waals surface area (Å²) < 4.78 is 5.60. The van der Waals surface area contributed by atoms with E-state index in [2.05, 4.69) is 10.7 Å². The predicted molar refractivity (Wildman–Crippen MR) is 70.6 cm³/mol. The first-order valence-corrected chi connectivity index (χ1v) is 5.42. The molecule has 0 aliphatic carbocycles. The summed E-state index contributed by atoms with van der Waals surface area (Å²) in [5.41, 5.74) is 0.809. The number of para-hydroxylation sites is 1. The fourth-order valence-corrected chi connectivity index (χ4v) is 1.32. The standard InChI is InChI=1S/C13H12O2.CH5NO/c1-10-9-12(7-8-13(10)14)15-11-5-3-2-4-6-11;1-3-2/h2-9,14H,1H3;2H2,1H3. The minimum atomic E-state index is 0.287. The van der Waals surface area contributed by atoms with E-state index in [1.807, 2.05) is 43.3 Å². The Balaban J connectivity index is 0.000000492. The van der Waals surface area contributed by atoms with Gasteiger partial charge in [0.1, 0.15) is 17.2 Å². The van der Waals surface area contributed by atoms with E-state index < -0.39 is 0 Å². The van der Waals surface area contributed by atoms with Crippen LogP contribution in [0.25, 0.3) is 0 Å². The van der Waals surface area contributed by atoms with Gasteiger partial charge in [-0.05, 0) is 42.8 Å². The van der Waals surface area contributed by atoms with Crippen LogP contribution in [-0.4, -0.2) is 12.2 Å². The Labute approximate surface area is 107 Å². The molecule has 0 spiro atoms. The minimum absolute atomic E-state index is 0.287. The van der Waals surface area contributed by atoms with Crippen molar-refractivity contribution in [1.29, 1.82) is 0 Å². The first-order chi connectivity index (χ1) is 8.67. The lowest BCUT2D eigenvalue weighted by Gasteiger charge is -2.06. The van der Waals surface area contributed by atoms with E-state index in [1.165, 1.54) is 7.11 Å². The molecule has 0 heterocycles. The van der Waals surface area contributed by atoms with Crippen LogP contribution in [0.2, 0.25) is 0 Å². The highest BCUT2D eigenvalue weighted by atomic mass is 16.6. The molecule has 4 heteroatoms. The highest BCUT2D eigenvalue weighted by Crippen LogP contribution is 2.25. The lowest BCUT2D eigenvalue weighted by molar-refractivity contribution is 0.206. The Morgan fingerprint density at radius 1 is 1.00 bits per heavy atom. The summed E-state index contributed by atoms with van der Waals surface area (Å²) in [6.45, 7) is 1.84. The molecule has 0 atom stereocenters. The molecule has 0 unspecified atom stereocenters. The molecule has 96 valence electrons. The average Bonchev–Trinajstić information content (AvgIpc) is 2.36. The lowest BCUT2D eigenvalue weighted by atomic mass is 10.2. The van der Waals surface area contributed by atoms with Gasteiger partial charge in [0.2, 0.25) is 0 Å². The van der Waals surface area contributed by atoms with Crippen LogP contribution in [0.1, 0.15) is 5.56 Å². The molecule has 2 aromatic carbocycles. The van der Waals surface area contributed by atoms with Crippen molar-refractivity contribution in [3.05, 3.63) is 54.1 Å². The molecule has 0 aliphatic heterocycles. The number of aromatic hydroxyl groups is 1. The van der Waals surface area contributed by atoms with Gasteiger partial charge in [0.25, 0.3) is 0 Å². The Hall–Kier alpha value is -2.04. The van der Waals surface area contributed by atoms with Gasteiger partial charge in [-0.2, -0.15) is 0 Å². The number of ether oxygens (including phenoxy) is 1. The molecule has 0 saturated heterocycles. The van der Waals surface area contributed by atoms with Crippen molar-refractivity contribution >= 4 is 0 Å². The summed E-state index contributed by atoms with van der Waals surface area (Å²) in [7, 11) is 1.40. The molecule has 0 fully saturated rings. The number of nitrogens with two attached hydrogens (primary N) is 1. The maximum atomic E-state index is 9.35. The van der Waals surface area contributed by atoms with Crippen LogP contribution in [0.15, 0.2) is 48.5 Å². The average molecular weight is 247 g/mol. The second kappa shape index (κ2) is 7.32. The van der Waals surface area contributed by atoms with E-state index in [1.54, 1.807) is 12.1 Å². The van der Waals surface area contributed by atoms with E-state index in [0.29, 0.717) is 0 Å². The quantitative estimate of drug-likeness (QED) is 0.801. The molecule has 0 amide bonds. The van der Waals surface area contributed by atoms with E-state index >= 15 is 0 Å². The maximum absolute atomic E-state index is 9.35. The summed E-state index contributed by atoms with van der Waals surface area (Å²) in [6.07, 6.45) is 0. The zero-order valence-corrected chi connectivity index (χ0v) is 10.5. The summed E-state index contributed by atoms with van der Waals surface area (Å²) in [5, 5.41) is 9.35. The Bertz CT molecular complexity index is 472. The Morgan fingerprint density at radius 2 is 1.61 bits per heavy atom. The monoisotopic (exact) mass is 247 g/mol. The Kier molecular flexibility index (Phi) is 5.70. The molecule has 0 aliphatic rings.